The van der Waals surface area contributed by atoms with E-state index < -0.39 is 0 Å². The number of hydrogen-bond donors (Lipinski definition) is 1. The molecule has 0 unspecified atom stereocenters. The quantitative estimate of drug-likeness (QED) is 0.933. The minimum atomic E-state index is 0.0324. The van der Waals surface area contributed by atoms with Gasteiger partial charge in [-0.1, -0.05) is 19.8 Å². The van der Waals surface area contributed by atoms with E-state index in [9.17, 15) is 4.79 Å². The fraction of sp³-hybridized carbons (Fsp3) is 0.500. The number of carbonyl (C=O) groups excluding carboxylic acids is 1. The van der Waals surface area contributed by atoms with Crippen LogP contribution in [0.25, 0.3) is 5.65 Å². The molecule has 2 aromatic heterocycles. The summed E-state index contributed by atoms with van der Waals surface area (Å²) in [6.45, 7) is 4.15. The Hall–Kier alpha value is -1.84. The molecule has 1 amide bonds. The summed E-state index contributed by atoms with van der Waals surface area (Å²) in [5.74, 6) is 0.0324. The van der Waals surface area contributed by atoms with Gasteiger partial charge in [0, 0.05) is 17.9 Å². The molecule has 2 heterocycles. The Bertz CT molecular complexity index is 638. The topological polar surface area (TPSA) is 46.4 Å². The molecular formula is C16H21N3O. The first kappa shape index (κ1) is 13.2. The van der Waals surface area contributed by atoms with Crippen LogP contribution in [0.15, 0.2) is 18.3 Å². The molecule has 20 heavy (non-hydrogen) atoms. The maximum absolute atomic E-state index is 12.3. The van der Waals surface area contributed by atoms with Gasteiger partial charge < -0.3 is 9.72 Å². The van der Waals surface area contributed by atoms with Gasteiger partial charge in [-0.15, -0.1) is 0 Å². The van der Waals surface area contributed by atoms with Crippen LogP contribution in [-0.4, -0.2) is 21.3 Å². The van der Waals surface area contributed by atoms with Crippen molar-refractivity contribution in [3.05, 3.63) is 35.3 Å². The maximum Gasteiger partial charge on any atom is 0.252 e. The van der Waals surface area contributed by atoms with Crippen LogP contribution >= 0.6 is 0 Å². The first-order valence-electron chi connectivity index (χ1n) is 7.47. The molecule has 4 heteroatoms. The van der Waals surface area contributed by atoms with E-state index in [1.807, 2.05) is 22.7 Å². The predicted octanol–water partition coefficient (Wildman–Crippen LogP) is 2.88. The third kappa shape index (κ3) is 2.30. The Balaban J connectivity index is 1.87. The fourth-order valence-electron chi connectivity index (χ4n) is 3.02. The maximum atomic E-state index is 12.3. The first-order valence-corrected chi connectivity index (χ1v) is 7.47. The van der Waals surface area contributed by atoms with Crippen LogP contribution in [0.5, 0.6) is 0 Å². The smallest absolute Gasteiger partial charge is 0.252 e. The van der Waals surface area contributed by atoms with E-state index in [1.54, 1.807) is 0 Å². The fourth-order valence-corrected chi connectivity index (χ4v) is 3.02. The summed E-state index contributed by atoms with van der Waals surface area (Å²) in [5, 5.41) is 3.13. The van der Waals surface area contributed by atoms with Crippen molar-refractivity contribution in [3.63, 3.8) is 0 Å². The van der Waals surface area contributed by atoms with Gasteiger partial charge in [0.2, 0.25) is 0 Å². The molecule has 1 saturated carbocycles. The summed E-state index contributed by atoms with van der Waals surface area (Å²) >= 11 is 0. The lowest BCUT2D eigenvalue weighted by atomic mass is 10.2. The van der Waals surface area contributed by atoms with Gasteiger partial charge in [-0.05, 0) is 38.3 Å². The molecule has 0 aromatic carbocycles. The zero-order valence-corrected chi connectivity index (χ0v) is 12.1. The summed E-state index contributed by atoms with van der Waals surface area (Å²) in [7, 11) is 0. The van der Waals surface area contributed by atoms with Crippen LogP contribution in [0.1, 0.15) is 54.4 Å². The molecule has 3 rings (SSSR count). The van der Waals surface area contributed by atoms with Crippen LogP contribution in [0.3, 0.4) is 0 Å². The van der Waals surface area contributed by atoms with E-state index in [0.29, 0.717) is 11.6 Å². The molecular weight excluding hydrogens is 250 g/mol. The van der Waals surface area contributed by atoms with E-state index in [1.165, 1.54) is 12.8 Å². The van der Waals surface area contributed by atoms with Crippen LogP contribution in [-0.2, 0) is 6.42 Å². The number of fused-ring (bicyclic) bond motifs is 1. The SMILES string of the molecule is CCc1nc2ccc(C(=O)NC3CCCC3)cn2c1C. The van der Waals surface area contributed by atoms with E-state index in [-0.39, 0.29) is 5.91 Å². The van der Waals surface area contributed by atoms with Gasteiger partial charge in [0.25, 0.3) is 5.91 Å². The highest BCUT2D eigenvalue weighted by Gasteiger charge is 2.18. The third-order valence-corrected chi connectivity index (χ3v) is 4.24. The standard InChI is InChI=1S/C16H21N3O/c1-3-14-11(2)19-10-12(8-9-15(19)18-14)16(20)17-13-6-4-5-7-13/h8-10,13H,3-7H2,1-2H3,(H,17,20). The summed E-state index contributed by atoms with van der Waals surface area (Å²) in [6, 6.07) is 4.15. The number of nitrogens with zero attached hydrogens (tertiary/aromatic N) is 2. The molecule has 1 fully saturated rings. The number of pyridine rings is 1. The zero-order chi connectivity index (χ0) is 14.1. The molecule has 0 saturated heterocycles. The Morgan fingerprint density at radius 2 is 2.15 bits per heavy atom. The molecule has 0 atom stereocenters. The molecule has 2 aromatic rings. The second-order valence-corrected chi connectivity index (χ2v) is 5.60. The highest BCUT2D eigenvalue weighted by molar-refractivity contribution is 5.94. The summed E-state index contributed by atoms with van der Waals surface area (Å²) in [4.78, 5) is 16.9. The number of carbonyl (C=O) groups is 1. The lowest BCUT2D eigenvalue weighted by molar-refractivity contribution is 0.0937. The molecule has 4 nitrogen and oxygen atoms in total. The summed E-state index contributed by atoms with van der Waals surface area (Å²) in [5.41, 5.74) is 3.85. The Morgan fingerprint density at radius 1 is 1.40 bits per heavy atom. The second kappa shape index (κ2) is 5.27. The Kier molecular flexibility index (Phi) is 3.47. The summed E-state index contributed by atoms with van der Waals surface area (Å²) in [6.07, 6.45) is 7.49. The minimum Gasteiger partial charge on any atom is -0.349 e. The molecule has 0 aliphatic heterocycles. The Morgan fingerprint density at radius 3 is 2.85 bits per heavy atom. The number of nitrogens with one attached hydrogen (secondary N) is 1. The van der Waals surface area contributed by atoms with Gasteiger partial charge in [0.05, 0.1) is 11.3 Å². The largest absolute Gasteiger partial charge is 0.349 e. The van der Waals surface area contributed by atoms with Crippen molar-refractivity contribution in [3.8, 4) is 0 Å². The van der Waals surface area contributed by atoms with Gasteiger partial charge >= 0.3 is 0 Å². The molecule has 106 valence electrons. The average molecular weight is 271 g/mol. The van der Waals surface area contributed by atoms with E-state index in [0.717, 1.165) is 36.3 Å². The molecule has 1 N–H and O–H groups in total. The molecule has 1 aliphatic rings. The van der Waals surface area contributed by atoms with Crippen molar-refractivity contribution in [2.75, 3.05) is 0 Å². The minimum absolute atomic E-state index is 0.0324. The molecule has 1 aliphatic carbocycles. The van der Waals surface area contributed by atoms with Crippen LogP contribution in [0.2, 0.25) is 0 Å². The monoisotopic (exact) mass is 271 g/mol. The first-order chi connectivity index (χ1) is 9.69. The van der Waals surface area contributed by atoms with Crippen LogP contribution in [0, 0.1) is 6.92 Å². The number of rotatable bonds is 3. The van der Waals surface area contributed by atoms with Crippen molar-refractivity contribution in [2.24, 2.45) is 0 Å². The van der Waals surface area contributed by atoms with E-state index in [4.69, 9.17) is 0 Å². The normalized spacial score (nSPS) is 15.9. The lowest BCUT2D eigenvalue weighted by Gasteiger charge is -2.12. The highest BCUT2D eigenvalue weighted by atomic mass is 16.1. The number of aromatic nitrogens is 2. The summed E-state index contributed by atoms with van der Waals surface area (Å²) < 4.78 is 2.02. The van der Waals surface area contributed by atoms with Gasteiger partial charge in [0.15, 0.2) is 0 Å². The zero-order valence-electron chi connectivity index (χ0n) is 12.1. The number of hydrogen-bond acceptors (Lipinski definition) is 2. The average Bonchev–Trinajstić information content (AvgIpc) is 3.07. The van der Waals surface area contributed by atoms with Gasteiger partial charge in [-0.25, -0.2) is 4.98 Å². The van der Waals surface area contributed by atoms with Gasteiger partial charge in [-0.2, -0.15) is 0 Å². The predicted molar refractivity (Wildman–Crippen MR) is 79.0 cm³/mol. The van der Waals surface area contributed by atoms with Crippen molar-refractivity contribution >= 4 is 11.6 Å². The van der Waals surface area contributed by atoms with Gasteiger partial charge in [-0.3, -0.25) is 4.79 Å². The van der Waals surface area contributed by atoms with Crippen molar-refractivity contribution in [1.29, 1.82) is 0 Å². The third-order valence-electron chi connectivity index (χ3n) is 4.24. The lowest BCUT2D eigenvalue weighted by Crippen LogP contribution is -2.32. The molecule has 0 bridgehead atoms. The number of imidazole rings is 1. The number of aryl methyl sites for hydroxylation is 2. The molecule has 0 spiro atoms. The highest BCUT2D eigenvalue weighted by Crippen LogP contribution is 2.19. The van der Waals surface area contributed by atoms with Crippen molar-refractivity contribution < 1.29 is 4.79 Å². The molecule has 0 radical (unpaired) electrons. The van der Waals surface area contributed by atoms with Crippen molar-refractivity contribution in [1.82, 2.24) is 14.7 Å². The van der Waals surface area contributed by atoms with Gasteiger partial charge in [0.1, 0.15) is 5.65 Å². The Labute approximate surface area is 119 Å². The van der Waals surface area contributed by atoms with Crippen LogP contribution in [0.4, 0.5) is 0 Å². The van der Waals surface area contributed by atoms with E-state index >= 15 is 0 Å². The van der Waals surface area contributed by atoms with E-state index in [2.05, 4.69) is 24.1 Å². The second-order valence-electron chi connectivity index (χ2n) is 5.60. The van der Waals surface area contributed by atoms with Crippen LogP contribution < -0.4 is 5.32 Å². The van der Waals surface area contributed by atoms with Crippen molar-refractivity contribution in [2.45, 2.75) is 52.0 Å². The number of amides is 1.